The molecule has 1 saturated heterocycles. The topological polar surface area (TPSA) is 65.0 Å². The number of hydrogen-bond acceptors (Lipinski definition) is 5. The number of carbonyl (C=O) groups excluding carboxylic acids is 2. The number of hydrogen-bond donors (Lipinski definition) is 1. The van der Waals surface area contributed by atoms with Crippen molar-refractivity contribution in [3.05, 3.63) is 70.5 Å². The van der Waals surface area contributed by atoms with Crippen LogP contribution >= 0.6 is 8.07 Å². The first-order valence-electron chi connectivity index (χ1n) is 11.5. The molecule has 2 aromatic carbocycles. The number of carbonyl (C=O) groups is 2. The summed E-state index contributed by atoms with van der Waals surface area (Å²) in [5.74, 6) is -0.753. The maximum Gasteiger partial charge on any atom is 0.256 e. The quantitative estimate of drug-likeness (QED) is 0.496. The number of piperazine rings is 1. The molecule has 0 spiro atoms. The van der Waals surface area contributed by atoms with Gasteiger partial charge in [-0.3, -0.25) is 14.9 Å². The first kappa shape index (κ1) is 23.5. The van der Waals surface area contributed by atoms with Crippen molar-refractivity contribution in [1.29, 1.82) is 0 Å². The van der Waals surface area contributed by atoms with Crippen molar-refractivity contribution in [2.75, 3.05) is 38.5 Å². The van der Waals surface area contributed by atoms with Crippen molar-refractivity contribution in [2.45, 2.75) is 26.3 Å². The predicted molar refractivity (Wildman–Crippen MR) is 131 cm³/mol. The van der Waals surface area contributed by atoms with Gasteiger partial charge in [-0.05, 0) is 43.7 Å². The van der Waals surface area contributed by atoms with Gasteiger partial charge in [0.05, 0.1) is 11.3 Å². The molecule has 1 fully saturated rings. The molecule has 174 valence electrons. The van der Waals surface area contributed by atoms with Crippen molar-refractivity contribution in [2.24, 2.45) is 5.10 Å². The molecule has 1 N–H and O–H groups in total. The van der Waals surface area contributed by atoms with E-state index in [1.54, 1.807) is 17.0 Å². The van der Waals surface area contributed by atoms with Crippen molar-refractivity contribution in [1.82, 2.24) is 15.0 Å². The van der Waals surface area contributed by atoms with Crippen LogP contribution in [-0.4, -0.2) is 66.0 Å². The number of amides is 1. The summed E-state index contributed by atoms with van der Waals surface area (Å²) in [5.41, 5.74) is 6.32. The molecule has 0 bridgehead atoms. The summed E-state index contributed by atoms with van der Waals surface area (Å²) < 4.78 is 17.2. The van der Waals surface area contributed by atoms with Gasteiger partial charge in [-0.25, -0.2) is 4.39 Å². The minimum Gasteiger partial charge on any atom is -0.336 e. The molecule has 33 heavy (non-hydrogen) atoms. The van der Waals surface area contributed by atoms with Crippen LogP contribution in [0.5, 0.6) is 0 Å². The van der Waals surface area contributed by atoms with Crippen LogP contribution in [0.1, 0.15) is 46.9 Å². The summed E-state index contributed by atoms with van der Waals surface area (Å²) in [6, 6.07) is 11.9. The Bertz CT molecular complexity index is 1050. The van der Waals surface area contributed by atoms with Crippen molar-refractivity contribution in [3.63, 3.8) is 0 Å². The monoisotopic (exact) mass is 468 g/mol. The first-order chi connectivity index (χ1) is 16.0. The number of fused-ring (bicyclic) bond motifs is 1. The smallest absolute Gasteiger partial charge is 0.256 e. The molecule has 1 atom stereocenters. The molecule has 0 saturated carbocycles. The van der Waals surface area contributed by atoms with E-state index < -0.39 is 11.9 Å². The summed E-state index contributed by atoms with van der Waals surface area (Å²) in [4.78, 5) is 26.3. The maximum atomic E-state index is 14.7. The second kappa shape index (κ2) is 10.5. The zero-order chi connectivity index (χ0) is 23.4. The highest BCUT2D eigenvalue weighted by Gasteiger charge is 2.27. The molecule has 4 rings (SSSR count). The molecule has 6 nitrogen and oxygen atoms in total. The van der Waals surface area contributed by atoms with Crippen molar-refractivity contribution in [3.8, 4) is 0 Å². The molecule has 2 aliphatic rings. The van der Waals surface area contributed by atoms with Crippen LogP contribution < -0.4 is 5.43 Å². The van der Waals surface area contributed by atoms with E-state index >= 15 is 0 Å². The molecule has 2 aliphatic heterocycles. The molecule has 0 aromatic heterocycles. The number of aldehydes is 1. The lowest BCUT2D eigenvalue weighted by Crippen LogP contribution is -2.47. The van der Waals surface area contributed by atoms with Gasteiger partial charge < -0.3 is 9.69 Å². The SMILES string of the molecule is CCP(CC)N1CCN(C(=O)c2cc(CC3=NNC(C=O)c4ccccc43)ccc2F)CC1. The van der Waals surface area contributed by atoms with Gasteiger partial charge in [0.2, 0.25) is 0 Å². The summed E-state index contributed by atoms with van der Waals surface area (Å²) >= 11 is 0. The number of rotatable bonds is 7. The van der Waals surface area contributed by atoms with Crippen LogP contribution in [0.3, 0.4) is 0 Å². The summed E-state index contributed by atoms with van der Waals surface area (Å²) in [5, 5.41) is 4.39. The zero-order valence-corrected chi connectivity index (χ0v) is 20.0. The van der Waals surface area contributed by atoms with Crippen molar-refractivity contribution < 1.29 is 14.0 Å². The molecular formula is C25H30FN4O2P. The van der Waals surface area contributed by atoms with Gasteiger partial charge >= 0.3 is 0 Å². The van der Waals surface area contributed by atoms with Crippen LogP contribution in [0.4, 0.5) is 4.39 Å². The van der Waals surface area contributed by atoms with Crippen molar-refractivity contribution >= 4 is 26.0 Å². The molecular weight excluding hydrogens is 438 g/mol. The van der Waals surface area contributed by atoms with Crippen LogP contribution in [0.25, 0.3) is 0 Å². The maximum absolute atomic E-state index is 14.7. The highest BCUT2D eigenvalue weighted by atomic mass is 31.1. The third-order valence-corrected chi connectivity index (χ3v) is 9.05. The Labute approximate surface area is 195 Å². The second-order valence-corrected chi connectivity index (χ2v) is 11.1. The number of benzene rings is 2. The molecule has 0 aliphatic carbocycles. The lowest BCUT2D eigenvalue weighted by molar-refractivity contribution is -0.109. The number of nitrogens with zero attached hydrogens (tertiary/aromatic N) is 3. The Morgan fingerprint density at radius 1 is 1.15 bits per heavy atom. The average molecular weight is 469 g/mol. The van der Waals surface area contributed by atoms with Crippen LogP contribution in [0.15, 0.2) is 47.6 Å². The molecule has 1 unspecified atom stereocenters. The Balaban J connectivity index is 1.49. The predicted octanol–water partition coefficient (Wildman–Crippen LogP) is 3.81. The second-order valence-electron chi connectivity index (χ2n) is 8.26. The number of nitrogens with one attached hydrogen (secondary N) is 1. The Morgan fingerprint density at radius 3 is 2.58 bits per heavy atom. The highest BCUT2D eigenvalue weighted by Crippen LogP contribution is 2.39. The standard InChI is InChI=1S/C25H30FN4O2P/c1-3-33(4-2)30-13-11-29(12-14-30)25(32)21-15-18(9-10-22(21)26)16-23-19-7-5-6-8-20(19)24(17-31)28-27-23/h5-10,15,17,24,28H,3-4,11-14,16H2,1-2H3. The molecule has 2 heterocycles. The van der Waals surface area contributed by atoms with Gasteiger partial charge in [-0.2, -0.15) is 5.10 Å². The fourth-order valence-electron chi connectivity index (χ4n) is 4.56. The molecule has 2 aromatic rings. The van der Waals surface area contributed by atoms with Crippen LogP contribution in [0, 0.1) is 5.82 Å². The van der Waals surface area contributed by atoms with Crippen LogP contribution in [-0.2, 0) is 11.2 Å². The van der Waals surface area contributed by atoms with Gasteiger partial charge in [0.25, 0.3) is 5.91 Å². The molecule has 1 amide bonds. The highest BCUT2D eigenvalue weighted by molar-refractivity contribution is 7.55. The fourth-order valence-corrected chi connectivity index (χ4v) is 6.55. The van der Waals surface area contributed by atoms with E-state index in [9.17, 15) is 14.0 Å². The Hall–Kier alpha value is -2.63. The summed E-state index contributed by atoms with van der Waals surface area (Å²) in [6.45, 7) is 7.38. The minimum atomic E-state index is -0.499. The summed E-state index contributed by atoms with van der Waals surface area (Å²) in [7, 11) is -0.134. The molecule has 8 heteroatoms. The zero-order valence-electron chi connectivity index (χ0n) is 19.1. The minimum absolute atomic E-state index is 0.109. The van der Waals surface area contributed by atoms with E-state index in [1.807, 2.05) is 24.3 Å². The summed E-state index contributed by atoms with van der Waals surface area (Å²) in [6.07, 6.45) is 3.58. The number of hydrazone groups is 1. The third-order valence-electron chi connectivity index (χ3n) is 6.39. The Kier molecular flexibility index (Phi) is 7.51. The van der Waals surface area contributed by atoms with E-state index in [1.165, 1.54) is 6.07 Å². The van der Waals surface area contributed by atoms with Crippen LogP contribution in [0.2, 0.25) is 0 Å². The Morgan fingerprint density at radius 2 is 1.88 bits per heavy atom. The van der Waals surface area contributed by atoms with E-state index in [0.717, 1.165) is 54.1 Å². The normalized spacial score (nSPS) is 18.5. The lowest BCUT2D eigenvalue weighted by atomic mass is 9.92. The molecule has 0 radical (unpaired) electrons. The van der Waals surface area contributed by atoms with E-state index in [-0.39, 0.29) is 19.5 Å². The van der Waals surface area contributed by atoms with Gasteiger partial charge in [-0.1, -0.05) is 44.2 Å². The number of halogens is 1. The van der Waals surface area contributed by atoms with Gasteiger partial charge in [0, 0.05) is 38.2 Å². The van der Waals surface area contributed by atoms with E-state index in [0.29, 0.717) is 19.5 Å². The van der Waals surface area contributed by atoms with Gasteiger partial charge in [0.15, 0.2) is 0 Å². The van der Waals surface area contributed by atoms with E-state index in [2.05, 4.69) is 29.0 Å². The van der Waals surface area contributed by atoms with Gasteiger partial charge in [-0.15, -0.1) is 0 Å². The first-order valence-corrected chi connectivity index (χ1v) is 13.2. The largest absolute Gasteiger partial charge is 0.336 e. The van der Waals surface area contributed by atoms with E-state index in [4.69, 9.17) is 0 Å². The average Bonchev–Trinajstić information content (AvgIpc) is 2.86. The lowest BCUT2D eigenvalue weighted by Gasteiger charge is -2.38. The third kappa shape index (κ3) is 4.99. The van der Waals surface area contributed by atoms with Gasteiger partial charge in [0.1, 0.15) is 18.1 Å². The fraction of sp³-hybridized carbons (Fsp3) is 0.400.